The van der Waals surface area contributed by atoms with Crippen molar-refractivity contribution >= 4 is 17.1 Å². The SMILES string of the molecule is CC(C)=S.c1cc2cc-2c1. The van der Waals surface area contributed by atoms with Crippen LogP contribution in [0.3, 0.4) is 0 Å². The first kappa shape index (κ1) is 7.42. The molecule has 0 atom stereocenters. The minimum Gasteiger partial charge on any atom is -0.0903 e. The summed E-state index contributed by atoms with van der Waals surface area (Å²) >= 11 is 4.54. The molecule has 0 fully saturated rings. The smallest absolute Gasteiger partial charge is 0.0133 e. The van der Waals surface area contributed by atoms with Gasteiger partial charge in [-0.05, 0) is 35.9 Å². The van der Waals surface area contributed by atoms with E-state index >= 15 is 0 Å². The summed E-state index contributed by atoms with van der Waals surface area (Å²) in [5.74, 6) is 0. The van der Waals surface area contributed by atoms with Gasteiger partial charge in [0.1, 0.15) is 0 Å². The summed E-state index contributed by atoms with van der Waals surface area (Å²) in [6.45, 7) is 3.80. The maximum Gasteiger partial charge on any atom is -0.0133 e. The third-order valence-corrected chi connectivity index (χ3v) is 1.11. The van der Waals surface area contributed by atoms with Crippen LogP contribution in [0.15, 0.2) is 24.3 Å². The lowest BCUT2D eigenvalue weighted by Crippen LogP contribution is -1.63. The Morgan fingerprint density at radius 3 is 1.70 bits per heavy atom. The molecule has 0 aromatic rings. The van der Waals surface area contributed by atoms with Crippen LogP contribution in [-0.4, -0.2) is 4.86 Å². The Labute approximate surface area is 66.9 Å². The van der Waals surface area contributed by atoms with Gasteiger partial charge in [-0.3, -0.25) is 0 Å². The standard InChI is InChI=1S/C6H4.C3H6S/c1-2-5-4-6(5)3-1;1-3(2)4/h1-4H;1-2H3. The quantitative estimate of drug-likeness (QED) is 0.520. The molecule has 1 heteroatoms. The zero-order valence-electron chi connectivity index (χ0n) is 6.22. The molecule has 0 aliphatic heterocycles. The van der Waals surface area contributed by atoms with Crippen molar-refractivity contribution in [2.24, 2.45) is 0 Å². The van der Waals surface area contributed by atoms with E-state index in [0.29, 0.717) is 0 Å². The molecule has 2 aliphatic rings. The van der Waals surface area contributed by atoms with Gasteiger partial charge in [-0.2, -0.15) is 0 Å². The molecule has 0 aromatic heterocycles. The van der Waals surface area contributed by atoms with Crippen LogP contribution in [0.2, 0.25) is 0 Å². The second-order valence-corrected chi connectivity index (χ2v) is 3.31. The Balaban J connectivity index is 0.000000112. The molecule has 0 nitrogen and oxygen atoms in total. The Kier molecular flexibility index (Phi) is 2.17. The molecule has 0 heterocycles. The van der Waals surface area contributed by atoms with Crippen molar-refractivity contribution in [2.45, 2.75) is 13.8 Å². The van der Waals surface area contributed by atoms with Gasteiger partial charge in [-0.25, -0.2) is 0 Å². The molecular formula is C9H10S. The van der Waals surface area contributed by atoms with E-state index < -0.39 is 0 Å². The van der Waals surface area contributed by atoms with Gasteiger partial charge < -0.3 is 0 Å². The fraction of sp³-hybridized carbons (Fsp3) is 0.222. The van der Waals surface area contributed by atoms with Crippen molar-refractivity contribution < 1.29 is 0 Å². The predicted octanol–water partition coefficient (Wildman–Crippen LogP) is 3.06. The van der Waals surface area contributed by atoms with Gasteiger partial charge in [0.2, 0.25) is 0 Å². The van der Waals surface area contributed by atoms with Crippen molar-refractivity contribution in [1.82, 2.24) is 0 Å². The molecule has 52 valence electrons. The topological polar surface area (TPSA) is 0 Å². The molecular weight excluding hydrogens is 140 g/mol. The van der Waals surface area contributed by atoms with E-state index in [1.807, 2.05) is 13.8 Å². The monoisotopic (exact) mass is 150 g/mol. The fourth-order valence-electron chi connectivity index (χ4n) is 0.676. The lowest BCUT2D eigenvalue weighted by Gasteiger charge is -1.61. The number of fused-ring (bicyclic) bond motifs is 1. The van der Waals surface area contributed by atoms with E-state index in [-0.39, 0.29) is 0 Å². The highest BCUT2D eigenvalue weighted by molar-refractivity contribution is 7.80. The first-order valence-electron chi connectivity index (χ1n) is 3.28. The van der Waals surface area contributed by atoms with E-state index in [1.165, 1.54) is 11.1 Å². The van der Waals surface area contributed by atoms with Crippen LogP contribution in [0, 0.1) is 0 Å². The maximum atomic E-state index is 4.54. The van der Waals surface area contributed by atoms with Crippen molar-refractivity contribution in [3.63, 3.8) is 0 Å². The van der Waals surface area contributed by atoms with Gasteiger partial charge in [-0.15, -0.1) is 0 Å². The lowest BCUT2D eigenvalue weighted by molar-refractivity contribution is 1.85. The molecule has 0 bridgehead atoms. The number of thiocarbonyl (C=S) groups is 1. The highest BCUT2D eigenvalue weighted by Gasteiger charge is 2.06. The van der Waals surface area contributed by atoms with Crippen LogP contribution in [0.1, 0.15) is 13.8 Å². The van der Waals surface area contributed by atoms with Gasteiger partial charge in [0, 0.05) is 0 Å². The van der Waals surface area contributed by atoms with Gasteiger partial charge >= 0.3 is 0 Å². The molecule has 2 rings (SSSR count). The third kappa shape index (κ3) is 2.28. The second-order valence-electron chi connectivity index (χ2n) is 2.49. The molecule has 0 radical (unpaired) electrons. The number of hydrogen-bond donors (Lipinski definition) is 0. The van der Waals surface area contributed by atoms with Gasteiger partial charge in [0.15, 0.2) is 0 Å². The van der Waals surface area contributed by atoms with E-state index in [4.69, 9.17) is 0 Å². The molecule has 0 amide bonds. The Morgan fingerprint density at radius 1 is 1.20 bits per heavy atom. The highest BCUT2D eigenvalue weighted by atomic mass is 32.1. The second kappa shape index (κ2) is 2.93. The fourth-order valence-corrected chi connectivity index (χ4v) is 0.676. The summed E-state index contributed by atoms with van der Waals surface area (Å²) in [4.78, 5) is 1.00. The first-order valence-corrected chi connectivity index (χ1v) is 3.68. The van der Waals surface area contributed by atoms with Gasteiger partial charge in [0.05, 0.1) is 0 Å². The van der Waals surface area contributed by atoms with Crippen LogP contribution in [0.25, 0.3) is 11.1 Å². The largest absolute Gasteiger partial charge is 0.0903 e. The van der Waals surface area contributed by atoms with E-state index in [1.54, 1.807) is 0 Å². The minimum absolute atomic E-state index is 1.00. The van der Waals surface area contributed by atoms with Crippen LogP contribution in [-0.2, 0) is 0 Å². The Bertz CT molecular complexity index is 229. The summed E-state index contributed by atoms with van der Waals surface area (Å²) in [7, 11) is 0. The number of rotatable bonds is 0. The molecule has 0 N–H and O–H groups in total. The summed E-state index contributed by atoms with van der Waals surface area (Å²) < 4.78 is 0. The van der Waals surface area contributed by atoms with Crippen LogP contribution in [0.4, 0.5) is 0 Å². The van der Waals surface area contributed by atoms with Crippen LogP contribution < -0.4 is 0 Å². The molecule has 0 saturated carbocycles. The first-order chi connectivity index (χ1) is 4.70. The molecule has 10 heavy (non-hydrogen) atoms. The maximum absolute atomic E-state index is 4.54. The van der Waals surface area contributed by atoms with Crippen molar-refractivity contribution in [1.29, 1.82) is 0 Å². The molecule has 2 aliphatic carbocycles. The predicted molar refractivity (Wildman–Crippen MR) is 49.4 cm³/mol. The van der Waals surface area contributed by atoms with Crippen LogP contribution >= 0.6 is 12.2 Å². The zero-order chi connectivity index (χ0) is 7.56. The molecule has 0 unspecified atom stereocenters. The average molecular weight is 150 g/mol. The number of benzene rings is 1. The Morgan fingerprint density at radius 2 is 1.60 bits per heavy atom. The number of hydrogen-bond acceptors (Lipinski definition) is 1. The van der Waals surface area contributed by atoms with Crippen LogP contribution in [0.5, 0.6) is 0 Å². The summed E-state index contributed by atoms with van der Waals surface area (Å²) in [6, 6.07) is 8.48. The molecule has 0 saturated heterocycles. The minimum atomic E-state index is 1.00. The van der Waals surface area contributed by atoms with Gasteiger partial charge in [-0.1, -0.05) is 30.4 Å². The van der Waals surface area contributed by atoms with E-state index in [0.717, 1.165) is 4.86 Å². The highest BCUT2D eigenvalue weighted by Crippen LogP contribution is 2.32. The van der Waals surface area contributed by atoms with E-state index in [9.17, 15) is 0 Å². The average Bonchev–Trinajstić information content (AvgIpc) is 2.40. The van der Waals surface area contributed by atoms with E-state index in [2.05, 4.69) is 36.5 Å². The van der Waals surface area contributed by atoms with Crippen molar-refractivity contribution in [2.75, 3.05) is 0 Å². The summed E-state index contributed by atoms with van der Waals surface area (Å²) in [6.07, 6.45) is 0. The zero-order valence-corrected chi connectivity index (χ0v) is 7.03. The molecule has 0 spiro atoms. The Hall–Kier alpha value is -0.690. The summed E-state index contributed by atoms with van der Waals surface area (Å²) in [5.41, 5.74) is 2.85. The lowest BCUT2D eigenvalue weighted by atomic mass is 10.6. The summed E-state index contributed by atoms with van der Waals surface area (Å²) in [5, 5.41) is 0. The normalized spacial score (nSPS) is 9.40. The third-order valence-electron chi connectivity index (χ3n) is 1.11. The van der Waals surface area contributed by atoms with Gasteiger partial charge in [0.25, 0.3) is 0 Å². The van der Waals surface area contributed by atoms with Crippen molar-refractivity contribution in [3.05, 3.63) is 24.3 Å². The van der Waals surface area contributed by atoms with Crippen molar-refractivity contribution in [3.8, 4) is 11.1 Å². The molecule has 0 aromatic carbocycles.